The zero-order chi connectivity index (χ0) is 69.4. The Labute approximate surface area is 604 Å². The van der Waals surface area contributed by atoms with Gasteiger partial charge in [-0.1, -0.05) is 187 Å². The van der Waals surface area contributed by atoms with Crippen molar-refractivity contribution in [3.05, 3.63) is 237 Å². The topological polar surface area (TPSA) is 169 Å². The number of carbonyl (C=O) groups excluding carboxylic acids is 5. The van der Waals surface area contributed by atoms with Gasteiger partial charge in [-0.25, -0.2) is 14.4 Å². The number of carbonyl (C=O) groups is 5. The van der Waals surface area contributed by atoms with Crippen LogP contribution in [0.25, 0.3) is 0 Å². The van der Waals surface area contributed by atoms with Gasteiger partial charge in [-0.15, -0.1) is 11.3 Å². The average Bonchev–Trinajstić information content (AvgIpc) is 1.58. The van der Waals surface area contributed by atoms with Gasteiger partial charge in [0.15, 0.2) is 5.78 Å². The summed E-state index contributed by atoms with van der Waals surface area (Å²) < 4.78 is 10.1. The van der Waals surface area contributed by atoms with E-state index in [2.05, 4.69) is 75.4 Å². The number of rotatable bonds is 29. The number of benzene rings is 7. The lowest BCUT2D eigenvalue weighted by Crippen LogP contribution is -2.16. The SMILES string of the molecule is CCOC(=O)O/N=C(\CCC1CCCC(c2ccc(C(=O)c3ccc(Sc4ccc(/C(CCC5CCCC(c6csc(C(=O)c7ccc(Sc8ccc(/C(CCC9CCCCC9)=N/OC(C)=O)cc8)cc7)c6)C5)=N/OC(=O)OCC)cc4)cc3)cc2)C1)c1ccc(Sc2ccccc2)cc1. The normalized spacial score (nSPS) is 17.6. The van der Waals surface area contributed by atoms with Crippen LogP contribution in [-0.4, -0.2) is 60.2 Å². The quantitative estimate of drug-likeness (QED) is 0.0143. The lowest BCUT2D eigenvalue weighted by molar-refractivity contribution is -0.140. The first-order valence-electron chi connectivity index (χ1n) is 35.3. The first kappa shape index (κ1) is 72.9. The lowest BCUT2D eigenvalue weighted by atomic mass is 9.76. The number of nitrogens with zero attached hydrogens (tertiary/aromatic N) is 3. The van der Waals surface area contributed by atoms with E-state index in [0.29, 0.717) is 70.5 Å². The molecule has 0 amide bonds. The van der Waals surface area contributed by atoms with E-state index in [9.17, 15) is 24.0 Å². The molecule has 3 aliphatic carbocycles. The molecule has 3 saturated carbocycles. The highest BCUT2D eigenvalue weighted by molar-refractivity contribution is 7.99. The van der Waals surface area contributed by atoms with Crippen LogP contribution < -0.4 is 0 Å². The number of thiophene rings is 1. The average molecular weight is 1410 g/mol. The molecule has 8 aromatic rings. The zero-order valence-electron chi connectivity index (χ0n) is 57.2. The number of hydrogen-bond donors (Lipinski definition) is 0. The van der Waals surface area contributed by atoms with Gasteiger partial charge in [0.2, 0.25) is 5.78 Å². The summed E-state index contributed by atoms with van der Waals surface area (Å²) >= 11 is 6.43. The van der Waals surface area contributed by atoms with E-state index in [0.717, 1.165) is 134 Å². The highest BCUT2D eigenvalue weighted by atomic mass is 32.2. The third-order valence-electron chi connectivity index (χ3n) is 19.1. The Morgan fingerprint density at radius 1 is 0.400 bits per heavy atom. The third-order valence-corrected chi connectivity index (χ3v) is 23.1. The monoisotopic (exact) mass is 1410 g/mol. The van der Waals surface area contributed by atoms with Crippen LogP contribution in [0.3, 0.4) is 0 Å². The Morgan fingerprint density at radius 2 is 0.770 bits per heavy atom. The van der Waals surface area contributed by atoms with Crippen LogP contribution in [0.1, 0.15) is 214 Å². The highest BCUT2D eigenvalue weighted by Gasteiger charge is 2.28. The fourth-order valence-electron chi connectivity index (χ4n) is 13.8. The summed E-state index contributed by atoms with van der Waals surface area (Å²) in [6.45, 7) is 5.22. The maximum absolute atomic E-state index is 13.9. The minimum Gasteiger partial charge on any atom is -0.433 e. The van der Waals surface area contributed by atoms with E-state index < -0.39 is 18.3 Å². The Bertz CT molecular complexity index is 4090. The second-order valence-corrected chi connectivity index (χ2v) is 30.4. The molecule has 1 aromatic heterocycles. The maximum Gasteiger partial charge on any atom is 0.535 e. The molecule has 100 heavy (non-hydrogen) atoms. The van der Waals surface area contributed by atoms with Crippen LogP contribution in [0, 0.1) is 17.8 Å². The predicted molar refractivity (Wildman–Crippen MR) is 400 cm³/mol. The summed E-state index contributed by atoms with van der Waals surface area (Å²) in [6, 6.07) is 60.6. The molecule has 0 saturated heterocycles. The molecule has 7 aromatic carbocycles. The van der Waals surface area contributed by atoms with E-state index >= 15 is 0 Å². The van der Waals surface area contributed by atoms with Crippen LogP contribution in [0.2, 0.25) is 0 Å². The molecule has 13 nitrogen and oxygen atoms in total. The molecule has 518 valence electrons. The highest BCUT2D eigenvalue weighted by Crippen LogP contribution is 2.42. The van der Waals surface area contributed by atoms with Crippen LogP contribution >= 0.6 is 46.6 Å². The molecule has 0 radical (unpaired) electrons. The zero-order valence-corrected chi connectivity index (χ0v) is 60.5. The molecule has 17 heteroatoms. The van der Waals surface area contributed by atoms with Crippen molar-refractivity contribution < 1.29 is 48.0 Å². The molecule has 3 aliphatic rings. The van der Waals surface area contributed by atoms with Crippen LogP contribution in [0.15, 0.2) is 232 Å². The standard InChI is InChI=1S/C83H87N3O10S4/c1-4-92-82(90)95-85-77(62-31-39-71(40-32-62)98-70-20-10-7-11-21-70)50-23-58-16-12-18-67(52-58)60-25-27-64(28-26-60)80(88)65-35-45-74(46-36-65)99-73-43-33-63(34-44-73)78(86-96-83(91)93-5-2)51-24-59-17-13-19-68(53-59)69-54-79(97-55-69)81(89)66-37-47-75(48-38-66)100-72-41-29-61(30-42-72)76(84-94-56(3)87)49-22-57-14-8-6-9-15-57/h7,10-11,20-21,25-48,54-55,57-59,67-68H,4-6,8-9,12-19,22-24,49-53H2,1-3H3/b84-76+,85-77+,86-78+. The number of oxime groups is 3. The molecule has 4 atom stereocenters. The van der Waals surface area contributed by atoms with Crippen molar-refractivity contribution in [1.29, 1.82) is 0 Å². The van der Waals surface area contributed by atoms with Gasteiger partial charge in [0, 0.05) is 53.0 Å². The maximum atomic E-state index is 13.9. The molecule has 4 unspecified atom stereocenters. The summed E-state index contributed by atoms with van der Waals surface area (Å²) in [7, 11) is 0. The minimum atomic E-state index is -0.844. The molecule has 1 heterocycles. The first-order chi connectivity index (χ1) is 48.9. The fourth-order valence-corrected chi connectivity index (χ4v) is 17.2. The van der Waals surface area contributed by atoms with Gasteiger partial charge < -0.3 is 14.3 Å². The van der Waals surface area contributed by atoms with E-state index in [1.165, 1.54) is 61.5 Å². The van der Waals surface area contributed by atoms with Crippen molar-refractivity contribution in [1.82, 2.24) is 0 Å². The second kappa shape index (κ2) is 37.4. The molecular weight excluding hydrogens is 1330 g/mol. The van der Waals surface area contributed by atoms with Crippen molar-refractivity contribution in [2.45, 2.75) is 184 Å². The summed E-state index contributed by atoms with van der Waals surface area (Å²) in [4.78, 5) is 86.7. The molecular formula is C83H87N3O10S4. The van der Waals surface area contributed by atoms with E-state index in [-0.39, 0.29) is 24.8 Å². The van der Waals surface area contributed by atoms with Gasteiger partial charge in [-0.2, -0.15) is 0 Å². The number of hydrogen-bond acceptors (Lipinski definition) is 17. The first-order valence-corrected chi connectivity index (χ1v) is 38.6. The lowest BCUT2D eigenvalue weighted by Gasteiger charge is -2.29. The summed E-state index contributed by atoms with van der Waals surface area (Å²) in [5, 5.41) is 15.1. The van der Waals surface area contributed by atoms with Gasteiger partial charge in [-0.3, -0.25) is 19.3 Å². The molecule has 0 spiro atoms. The van der Waals surface area contributed by atoms with Gasteiger partial charge in [-0.05, 0) is 244 Å². The smallest absolute Gasteiger partial charge is 0.433 e. The molecule has 11 rings (SSSR count). The molecule has 3 fully saturated rings. The van der Waals surface area contributed by atoms with Gasteiger partial charge in [0.25, 0.3) is 0 Å². The van der Waals surface area contributed by atoms with E-state index in [4.69, 9.17) is 24.0 Å². The minimum absolute atomic E-state index is 0.0209. The molecule has 0 bridgehead atoms. The summed E-state index contributed by atoms with van der Waals surface area (Å²) in [5.41, 5.74) is 9.27. The second-order valence-electron chi connectivity index (χ2n) is 26.1. The van der Waals surface area contributed by atoms with E-state index in [1.807, 2.05) is 127 Å². The van der Waals surface area contributed by atoms with Gasteiger partial charge in [0.1, 0.15) is 0 Å². The third kappa shape index (κ3) is 21.6. The van der Waals surface area contributed by atoms with Gasteiger partial charge in [0.05, 0.1) is 35.2 Å². The van der Waals surface area contributed by atoms with Crippen LogP contribution in [-0.2, 0) is 28.8 Å². The Kier molecular flexibility index (Phi) is 27.2. The fraction of sp³-hybridized carbons (Fsp3) is 0.349. The van der Waals surface area contributed by atoms with Crippen molar-refractivity contribution in [3.63, 3.8) is 0 Å². The largest absolute Gasteiger partial charge is 0.535 e. The number of ketones is 2. The van der Waals surface area contributed by atoms with Crippen molar-refractivity contribution in [2.24, 2.45) is 33.2 Å². The number of ether oxygens (including phenoxy) is 2. The van der Waals surface area contributed by atoms with Gasteiger partial charge >= 0.3 is 18.3 Å². The van der Waals surface area contributed by atoms with E-state index in [1.54, 1.807) is 49.1 Å². The molecule has 0 N–H and O–H groups in total. The van der Waals surface area contributed by atoms with Crippen LogP contribution in [0.5, 0.6) is 0 Å². The van der Waals surface area contributed by atoms with Crippen LogP contribution in [0.4, 0.5) is 9.59 Å². The van der Waals surface area contributed by atoms with Crippen molar-refractivity contribution in [2.75, 3.05) is 13.2 Å². The Morgan fingerprint density at radius 3 is 1.20 bits per heavy atom. The summed E-state index contributed by atoms with van der Waals surface area (Å²) in [5.74, 6) is 1.84. The Hall–Kier alpha value is -8.35. The molecule has 0 aliphatic heterocycles. The van der Waals surface area contributed by atoms with Crippen molar-refractivity contribution in [3.8, 4) is 0 Å². The summed E-state index contributed by atoms with van der Waals surface area (Å²) in [6.07, 6.45) is 18.1. The van der Waals surface area contributed by atoms with Crippen molar-refractivity contribution >= 4 is 93.6 Å². The Balaban J connectivity index is 0.644. The predicted octanol–water partition coefficient (Wildman–Crippen LogP) is 22.6.